The van der Waals surface area contributed by atoms with E-state index in [0.717, 1.165) is 12.8 Å². The molecule has 0 aromatic heterocycles. The zero-order valence-electron chi connectivity index (χ0n) is 10.8. The first kappa shape index (κ1) is 14.1. The van der Waals surface area contributed by atoms with E-state index >= 15 is 0 Å². The quantitative estimate of drug-likeness (QED) is 0.847. The number of carboxylic acid groups (broad SMARTS) is 1. The molecule has 0 radical (unpaired) electrons. The zero-order chi connectivity index (χ0) is 13.8. The standard InChI is InChI=1S/C15H17BrO3/c1-10-4-2-3-5-12(10)9-19-14-7-6-11(15(17)18)8-13(14)16/h2-3,6-8,10,12H,4-5,9H2,1H3,(H,17,18). The highest BCUT2D eigenvalue weighted by Gasteiger charge is 2.19. The number of aromatic carboxylic acids is 1. The number of benzene rings is 1. The van der Waals surface area contributed by atoms with Gasteiger partial charge in [0.2, 0.25) is 0 Å². The van der Waals surface area contributed by atoms with Gasteiger partial charge in [-0.1, -0.05) is 19.1 Å². The summed E-state index contributed by atoms with van der Waals surface area (Å²) >= 11 is 3.35. The Labute approximate surface area is 121 Å². The molecule has 4 heteroatoms. The molecule has 0 bridgehead atoms. The molecule has 3 nitrogen and oxygen atoms in total. The number of halogens is 1. The fraction of sp³-hybridized carbons (Fsp3) is 0.400. The molecule has 0 saturated carbocycles. The summed E-state index contributed by atoms with van der Waals surface area (Å²) in [7, 11) is 0. The smallest absolute Gasteiger partial charge is 0.335 e. The van der Waals surface area contributed by atoms with Crippen LogP contribution < -0.4 is 4.74 Å². The maximum absolute atomic E-state index is 10.8. The maximum Gasteiger partial charge on any atom is 0.335 e. The maximum atomic E-state index is 10.8. The Kier molecular flexibility index (Phi) is 4.64. The van der Waals surface area contributed by atoms with E-state index in [9.17, 15) is 4.79 Å². The molecule has 1 aromatic rings. The molecule has 2 atom stereocenters. The number of ether oxygens (including phenoxy) is 1. The van der Waals surface area contributed by atoms with Crippen molar-refractivity contribution in [2.24, 2.45) is 11.8 Å². The van der Waals surface area contributed by atoms with E-state index in [1.54, 1.807) is 18.2 Å². The van der Waals surface area contributed by atoms with Gasteiger partial charge in [0, 0.05) is 0 Å². The van der Waals surface area contributed by atoms with Gasteiger partial charge >= 0.3 is 5.97 Å². The minimum Gasteiger partial charge on any atom is -0.492 e. The highest BCUT2D eigenvalue weighted by atomic mass is 79.9. The van der Waals surface area contributed by atoms with Crippen LogP contribution in [0.15, 0.2) is 34.8 Å². The van der Waals surface area contributed by atoms with Gasteiger partial charge in [0.05, 0.1) is 16.6 Å². The van der Waals surface area contributed by atoms with Gasteiger partial charge in [-0.05, 0) is 58.8 Å². The average molecular weight is 325 g/mol. The largest absolute Gasteiger partial charge is 0.492 e. The predicted molar refractivity (Wildman–Crippen MR) is 77.6 cm³/mol. The van der Waals surface area contributed by atoms with Crippen LogP contribution in [0.2, 0.25) is 0 Å². The van der Waals surface area contributed by atoms with E-state index in [4.69, 9.17) is 9.84 Å². The number of carbonyl (C=O) groups is 1. The van der Waals surface area contributed by atoms with Gasteiger partial charge in [0.15, 0.2) is 0 Å². The average Bonchev–Trinajstić information content (AvgIpc) is 2.39. The lowest BCUT2D eigenvalue weighted by Gasteiger charge is -2.25. The van der Waals surface area contributed by atoms with Crippen molar-refractivity contribution in [1.82, 2.24) is 0 Å². The second kappa shape index (κ2) is 6.24. The molecule has 0 aliphatic heterocycles. The summed E-state index contributed by atoms with van der Waals surface area (Å²) in [6, 6.07) is 4.84. The van der Waals surface area contributed by atoms with Crippen molar-refractivity contribution in [3.05, 3.63) is 40.4 Å². The molecule has 19 heavy (non-hydrogen) atoms. The molecule has 0 heterocycles. The monoisotopic (exact) mass is 324 g/mol. The Morgan fingerprint density at radius 2 is 2.16 bits per heavy atom. The molecule has 2 rings (SSSR count). The first-order chi connectivity index (χ1) is 9.08. The van der Waals surface area contributed by atoms with Gasteiger partial charge in [0.1, 0.15) is 5.75 Å². The Hall–Kier alpha value is -1.29. The fourth-order valence-electron chi connectivity index (χ4n) is 2.19. The molecule has 0 spiro atoms. The molecule has 1 aliphatic carbocycles. The van der Waals surface area contributed by atoms with E-state index in [0.29, 0.717) is 28.7 Å². The molecular weight excluding hydrogens is 308 g/mol. The van der Waals surface area contributed by atoms with Crippen LogP contribution in [-0.4, -0.2) is 17.7 Å². The topological polar surface area (TPSA) is 46.5 Å². The van der Waals surface area contributed by atoms with E-state index < -0.39 is 5.97 Å². The Balaban J connectivity index is 1.99. The molecule has 1 aromatic carbocycles. The van der Waals surface area contributed by atoms with Gasteiger partial charge in [-0.25, -0.2) is 4.79 Å². The van der Waals surface area contributed by atoms with Crippen LogP contribution in [-0.2, 0) is 0 Å². The predicted octanol–water partition coefficient (Wildman–Crippen LogP) is 4.13. The highest BCUT2D eigenvalue weighted by molar-refractivity contribution is 9.10. The van der Waals surface area contributed by atoms with Gasteiger partial charge < -0.3 is 9.84 Å². The number of hydrogen-bond donors (Lipinski definition) is 1. The SMILES string of the molecule is CC1CC=CCC1COc1ccc(C(=O)O)cc1Br. The fourth-order valence-corrected chi connectivity index (χ4v) is 2.68. The van der Waals surface area contributed by atoms with Gasteiger partial charge in [-0.3, -0.25) is 0 Å². The van der Waals surface area contributed by atoms with E-state index in [1.807, 2.05) is 0 Å². The van der Waals surface area contributed by atoms with Gasteiger partial charge in [-0.15, -0.1) is 0 Å². The summed E-state index contributed by atoms with van der Waals surface area (Å²) in [4.78, 5) is 10.8. The van der Waals surface area contributed by atoms with Crippen molar-refractivity contribution >= 4 is 21.9 Å². The molecule has 0 saturated heterocycles. The summed E-state index contributed by atoms with van der Waals surface area (Å²) < 4.78 is 6.49. The third-order valence-electron chi connectivity index (χ3n) is 3.55. The van der Waals surface area contributed by atoms with Crippen LogP contribution in [0.4, 0.5) is 0 Å². The van der Waals surface area contributed by atoms with Crippen LogP contribution in [0.1, 0.15) is 30.1 Å². The molecule has 102 valence electrons. The summed E-state index contributed by atoms with van der Waals surface area (Å²) in [5.74, 6) is 0.920. The van der Waals surface area contributed by atoms with Crippen molar-refractivity contribution < 1.29 is 14.6 Å². The second-order valence-corrected chi connectivity index (χ2v) is 5.80. The zero-order valence-corrected chi connectivity index (χ0v) is 12.4. The van der Waals surface area contributed by atoms with Crippen LogP contribution in [0.3, 0.4) is 0 Å². The Bertz CT molecular complexity index is 496. The number of rotatable bonds is 4. The lowest BCUT2D eigenvalue weighted by molar-refractivity contribution is 0.0696. The highest BCUT2D eigenvalue weighted by Crippen LogP contribution is 2.29. The van der Waals surface area contributed by atoms with Crippen molar-refractivity contribution in [3.63, 3.8) is 0 Å². The van der Waals surface area contributed by atoms with Crippen LogP contribution in [0.25, 0.3) is 0 Å². The van der Waals surface area contributed by atoms with E-state index in [2.05, 4.69) is 35.0 Å². The van der Waals surface area contributed by atoms with Gasteiger partial charge in [-0.2, -0.15) is 0 Å². The minimum absolute atomic E-state index is 0.258. The number of carboxylic acids is 1. The van der Waals surface area contributed by atoms with E-state index in [-0.39, 0.29) is 5.56 Å². The first-order valence-corrected chi connectivity index (χ1v) is 7.18. The number of allylic oxidation sites excluding steroid dienone is 2. The van der Waals surface area contributed by atoms with Crippen molar-refractivity contribution in [3.8, 4) is 5.75 Å². The third-order valence-corrected chi connectivity index (χ3v) is 4.17. The van der Waals surface area contributed by atoms with E-state index in [1.165, 1.54) is 0 Å². The normalized spacial score (nSPS) is 22.2. The van der Waals surface area contributed by atoms with Crippen LogP contribution >= 0.6 is 15.9 Å². The van der Waals surface area contributed by atoms with Crippen LogP contribution in [0.5, 0.6) is 5.75 Å². The lowest BCUT2D eigenvalue weighted by atomic mass is 9.85. The van der Waals surface area contributed by atoms with Crippen molar-refractivity contribution in [2.75, 3.05) is 6.61 Å². The van der Waals surface area contributed by atoms with Gasteiger partial charge in [0.25, 0.3) is 0 Å². The summed E-state index contributed by atoms with van der Waals surface area (Å²) in [6.07, 6.45) is 6.58. The minimum atomic E-state index is -0.932. The van der Waals surface area contributed by atoms with Crippen LogP contribution in [0, 0.1) is 11.8 Å². The summed E-state index contributed by atoms with van der Waals surface area (Å²) in [6.45, 7) is 2.90. The first-order valence-electron chi connectivity index (χ1n) is 6.38. The Morgan fingerprint density at radius 1 is 1.42 bits per heavy atom. The van der Waals surface area contributed by atoms with Crippen molar-refractivity contribution in [1.29, 1.82) is 0 Å². The second-order valence-electron chi connectivity index (χ2n) is 4.94. The molecule has 2 unspecified atom stereocenters. The molecular formula is C15H17BrO3. The Morgan fingerprint density at radius 3 is 2.79 bits per heavy atom. The third kappa shape index (κ3) is 3.60. The molecule has 1 N–H and O–H groups in total. The number of hydrogen-bond acceptors (Lipinski definition) is 2. The molecule has 1 aliphatic rings. The lowest BCUT2D eigenvalue weighted by Crippen LogP contribution is -2.21. The van der Waals surface area contributed by atoms with Crippen molar-refractivity contribution in [2.45, 2.75) is 19.8 Å². The molecule has 0 amide bonds. The molecule has 0 fully saturated rings. The summed E-state index contributed by atoms with van der Waals surface area (Å²) in [5.41, 5.74) is 0.258. The summed E-state index contributed by atoms with van der Waals surface area (Å²) in [5, 5.41) is 8.90.